The molecule has 0 fully saturated rings. The second-order valence-corrected chi connectivity index (χ2v) is 8.90. The zero-order valence-corrected chi connectivity index (χ0v) is 19.8. The van der Waals surface area contributed by atoms with E-state index in [1.165, 1.54) is 33.4 Å². The minimum Gasteiger partial charge on any atom is -0.355 e. The molecule has 32 heavy (non-hydrogen) atoms. The molecular formula is C28H30N4. The van der Waals surface area contributed by atoms with Gasteiger partial charge >= 0.3 is 0 Å². The molecule has 0 aromatic carbocycles. The SMILES string of the molecule is CCC1=C(C)c2cc3[nH]c(cc3C)cc3cc(C)c(cc4nc(cc1n2)C(CC)=C4C)[nH]3. The number of H-pyrrole nitrogens is 2. The summed E-state index contributed by atoms with van der Waals surface area (Å²) in [7, 11) is 0. The van der Waals surface area contributed by atoms with Crippen molar-refractivity contribution in [1.29, 1.82) is 0 Å². The molecule has 0 atom stereocenters. The normalized spacial score (nSPS) is 13.9. The average molecular weight is 423 g/mol. The van der Waals surface area contributed by atoms with Crippen LogP contribution in [0.25, 0.3) is 44.4 Å². The first-order valence-electron chi connectivity index (χ1n) is 11.5. The molecule has 0 aliphatic carbocycles. The van der Waals surface area contributed by atoms with Gasteiger partial charge in [-0.05, 0) is 110 Å². The van der Waals surface area contributed by atoms with Gasteiger partial charge in [0.2, 0.25) is 0 Å². The van der Waals surface area contributed by atoms with Gasteiger partial charge in [0, 0.05) is 22.1 Å². The lowest BCUT2D eigenvalue weighted by Gasteiger charge is -2.02. The van der Waals surface area contributed by atoms with E-state index in [1.807, 2.05) is 0 Å². The largest absolute Gasteiger partial charge is 0.355 e. The Kier molecular flexibility index (Phi) is 4.89. The van der Waals surface area contributed by atoms with Crippen LogP contribution in [-0.4, -0.2) is 19.9 Å². The zero-order chi connectivity index (χ0) is 22.6. The summed E-state index contributed by atoms with van der Waals surface area (Å²) in [5, 5.41) is 0. The molecule has 0 radical (unpaired) electrons. The molecule has 5 heterocycles. The van der Waals surface area contributed by atoms with Gasteiger partial charge in [0.15, 0.2) is 0 Å². The van der Waals surface area contributed by atoms with E-state index in [0.717, 1.165) is 57.7 Å². The third kappa shape index (κ3) is 3.31. The summed E-state index contributed by atoms with van der Waals surface area (Å²) in [4.78, 5) is 17.2. The lowest BCUT2D eigenvalue weighted by molar-refractivity contribution is 1.18. The van der Waals surface area contributed by atoms with Gasteiger partial charge in [-0.15, -0.1) is 0 Å². The van der Waals surface area contributed by atoms with Crippen LogP contribution < -0.4 is 0 Å². The van der Waals surface area contributed by atoms with Gasteiger partial charge in [0.25, 0.3) is 0 Å². The molecule has 4 nitrogen and oxygen atoms in total. The Morgan fingerprint density at radius 3 is 1.41 bits per heavy atom. The minimum absolute atomic E-state index is 0.950. The number of hydrogen-bond donors (Lipinski definition) is 2. The summed E-state index contributed by atoms with van der Waals surface area (Å²) in [5.41, 5.74) is 16.0. The van der Waals surface area contributed by atoms with E-state index in [1.54, 1.807) is 0 Å². The Labute approximate surface area is 189 Å². The molecular weight excluding hydrogens is 392 g/mol. The number of rotatable bonds is 2. The van der Waals surface area contributed by atoms with Crippen molar-refractivity contribution in [3.8, 4) is 0 Å². The lowest BCUT2D eigenvalue weighted by atomic mass is 10.0. The van der Waals surface area contributed by atoms with Crippen molar-refractivity contribution < 1.29 is 0 Å². The van der Waals surface area contributed by atoms with E-state index in [-0.39, 0.29) is 0 Å². The minimum atomic E-state index is 0.950. The first kappa shape index (κ1) is 20.5. The molecule has 2 N–H and O–H groups in total. The van der Waals surface area contributed by atoms with Crippen LogP contribution in [0.4, 0.5) is 0 Å². The third-order valence-electron chi connectivity index (χ3n) is 6.78. The molecule has 162 valence electrons. The molecule has 8 bridgehead atoms. The van der Waals surface area contributed by atoms with E-state index in [0.29, 0.717) is 0 Å². The van der Waals surface area contributed by atoms with Crippen LogP contribution in [0, 0.1) is 13.8 Å². The van der Waals surface area contributed by atoms with E-state index in [9.17, 15) is 0 Å². The van der Waals surface area contributed by atoms with Crippen molar-refractivity contribution in [3.05, 3.63) is 70.3 Å². The zero-order valence-electron chi connectivity index (χ0n) is 19.8. The number of nitrogens with one attached hydrogen (secondary N) is 2. The number of fused-ring (bicyclic) bond motifs is 8. The van der Waals surface area contributed by atoms with Crippen molar-refractivity contribution in [1.82, 2.24) is 19.9 Å². The van der Waals surface area contributed by atoms with Crippen LogP contribution in [-0.2, 0) is 0 Å². The van der Waals surface area contributed by atoms with Crippen LogP contribution in [0.5, 0.6) is 0 Å². The van der Waals surface area contributed by atoms with Crippen molar-refractivity contribution in [2.45, 2.75) is 54.4 Å². The van der Waals surface area contributed by atoms with Crippen molar-refractivity contribution in [3.63, 3.8) is 0 Å². The number of nitrogens with zero attached hydrogens (tertiary/aromatic N) is 2. The highest BCUT2D eigenvalue weighted by atomic mass is 14.8. The second-order valence-electron chi connectivity index (χ2n) is 8.90. The summed E-state index contributed by atoms with van der Waals surface area (Å²) in [6, 6.07) is 13.1. The van der Waals surface area contributed by atoms with Crippen LogP contribution in [0.3, 0.4) is 0 Å². The summed E-state index contributed by atoms with van der Waals surface area (Å²) in [6.07, 6.45) is 1.90. The number of aryl methyl sites for hydroxylation is 2. The molecule has 3 aromatic rings. The summed E-state index contributed by atoms with van der Waals surface area (Å²) in [6.45, 7) is 13.1. The maximum absolute atomic E-state index is 5.05. The predicted octanol–water partition coefficient (Wildman–Crippen LogP) is 7.61. The number of aromatic amines is 2. The second kappa shape index (κ2) is 7.63. The van der Waals surface area contributed by atoms with Crippen LogP contribution in [0.2, 0.25) is 0 Å². The Hall–Kier alpha value is -3.40. The average Bonchev–Trinajstić information content (AvgIpc) is 3.44. The molecule has 0 saturated carbocycles. The van der Waals surface area contributed by atoms with E-state index < -0.39 is 0 Å². The number of hydrogen-bond acceptors (Lipinski definition) is 2. The maximum atomic E-state index is 5.05. The fourth-order valence-corrected chi connectivity index (χ4v) is 4.90. The van der Waals surface area contributed by atoms with Crippen molar-refractivity contribution in [2.24, 2.45) is 0 Å². The topological polar surface area (TPSA) is 57.4 Å². The summed E-state index contributed by atoms with van der Waals surface area (Å²) in [5.74, 6) is 0. The molecule has 0 amide bonds. The predicted molar refractivity (Wildman–Crippen MR) is 136 cm³/mol. The van der Waals surface area contributed by atoms with Gasteiger partial charge in [-0.1, -0.05) is 13.8 Å². The van der Waals surface area contributed by atoms with Gasteiger partial charge in [-0.2, -0.15) is 0 Å². The highest BCUT2D eigenvalue weighted by Crippen LogP contribution is 2.36. The first-order chi connectivity index (χ1) is 15.4. The van der Waals surface area contributed by atoms with Gasteiger partial charge in [-0.3, -0.25) is 0 Å². The van der Waals surface area contributed by atoms with E-state index in [4.69, 9.17) is 9.97 Å². The monoisotopic (exact) mass is 422 g/mol. The third-order valence-corrected chi connectivity index (χ3v) is 6.78. The number of allylic oxidation sites excluding steroid dienone is 4. The fourth-order valence-electron chi connectivity index (χ4n) is 4.90. The highest BCUT2D eigenvalue weighted by molar-refractivity contribution is 5.95. The van der Waals surface area contributed by atoms with Crippen molar-refractivity contribution >= 4 is 44.4 Å². The summed E-state index contributed by atoms with van der Waals surface area (Å²) >= 11 is 0. The Balaban J connectivity index is 1.94. The van der Waals surface area contributed by atoms with E-state index in [2.05, 4.69) is 87.9 Å². The van der Waals surface area contributed by atoms with Gasteiger partial charge in [0.1, 0.15) is 0 Å². The molecule has 5 rings (SSSR count). The first-order valence-corrected chi connectivity index (χ1v) is 11.5. The number of aromatic nitrogens is 4. The molecule has 0 saturated heterocycles. The Morgan fingerprint density at radius 2 is 1.00 bits per heavy atom. The lowest BCUT2D eigenvalue weighted by Crippen LogP contribution is -1.85. The van der Waals surface area contributed by atoms with Gasteiger partial charge in [-0.25, -0.2) is 9.97 Å². The molecule has 2 aliphatic rings. The van der Waals surface area contributed by atoms with Gasteiger partial charge in [0.05, 0.1) is 22.8 Å². The quantitative estimate of drug-likeness (QED) is 0.446. The van der Waals surface area contributed by atoms with E-state index >= 15 is 0 Å². The Morgan fingerprint density at radius 1 is 0.562 bits per heavy atom. The highest BCUT2D eigenvalue weighted by Gasteiger charge is 2.19. The molecule has 2 aliphatic heterocycles. The molecule has 3 aromatic heterocycles. The van der Waals surface area contributed by atoms with Gasteiger partial charge < -0.3 is 9.97 Å². The molecule has 0 unspecified atom stereocenters. The van der Waals surface area contributed by atoms with Crippen LogP contribution >= 0.6 is 0 Å². The van der Waals surface area contributed by atoms with Crippen molar-refractivity contribution in [2.75, 3.05) is 0 Å². The standard InChI is InChI=1S/C28H30N4/c1-7-21-17(5)25-12-23-15(3)9-19(29-23)11-20-10-16(4)24(30-20)13-26-18(6)22(8-2)28(32-26)14-27(21)31-25/h9-14,29-30H,7-8H2,1-6H3. The Bertz CT molecular complexity index is 1370. The molecule has 0 spiro atoms. The van der Waals surface area contributed by atoms with Crippen LogP contribution in [0.1, 0.15) is 74.4 Å². The maximum Gasteiger partial charge on any atom is 0.0693 e. The molecule has 4 heteroatoms. The smallest absolute Gasteiger partial charge is 0.0693 e. The van der Waals surface area contributed by atoms with Crippen LogP contribution in [0.15, 0.2) is 36.4 Å². The fraction of sp³-hybridized carbons (Fsp3) is 0.286. The summed E-state index contributed by atoms with van der Waals surface area (Å²) < 4.78 is 0.